The molecule has 1 unspecified atom stereocenters. The maximum atomic E-state index is 12.9. The molecule has 0 aliphatic carbocycles. The second-order valence-corrected chi connectivity index (χ2v) is 7.44. The number of anilines is 1. The first-order chi connectivity index (χ1) is 14.0. The molecular weight excluding hydrogens is 390 g/mol. The Bertz CT molecular complexity index is 939. The van der Waals surface area contributed by atoms with Gasteiger partial charge in [0.15, 0.2) is 0 Å². The first kappa shape index (κ1) is 20.7. The molecule has 0 saturated heterocycles. The van der Waals surface area contributed by atoms with Gasteiger partial charge in [-0.2, -0.15) is 0 Å². The molecule has 1 heterocycles. The molecule has 7 nitrogen and oxygen atoms in total. The van der Waals surface area contributed by atoms with Crippen LogP contribution < -0.4 is 14.4 Å². The SMILES string of the molecule is CCN(C(=O)C(C)Sc1nnc(-c2cc(OC)cc(OC)c2)o1)c1ccccc1. The number of methoxy groups -OCH3 is 2. The number of thioether (sulfide) groups is 1. The summed E-state index contributed by atoms with van der Waals surface area (Å²) >= 11 is 1.23. The Kier molecular flexibility index (Phi) is 6.77. The van der Waals surface area contributed by atoms with E-state index in [4.69, 9.17) is 13.9 Å². The van der Waals surface area contributed by atoms with E-state index in [1.807, 2.05) is 44.2 Å². The van der Waals surface area contributed by atoms with Crippen LogP contribution in [0.15, 0.2) is 58.2 Å². The lowest BCUT2D eigenvalue weighted by Crippen LogP contribution is -2.36. The summed E-state index contributed by atoms with van der Waals surface area (Å²) < 4.78 is 16.3. The number of carbonyl (C=O) groups excluding carboxylic acids is 1. The number of para-hydroxylation sites is 1. The van der Waals surface area contributed by atoms with Crippen LogP contribution in [0.5, 0.6) is 11.5 Å². The molecule has 0 aliphatic rings. The average Bonchev–Trinajstić information content (AvgIpc) is 3.23. The van der Waals surface area contributed by atoms with Gasteiger partial charge in [-0.3, -0.25) is 4.79 Å². The highest BCUT2D eigenvalue weighted by Crippen LogP contribution is 2.32. The van der Waals surface area contributed by atoms with Gasteiger partial charge in [0.2, 0.25) is 11.8 Å². The number of hydrogen-bond donors (Lipinski definition) is 0. The molecule has 2 aromatic carbocycles. The van der Waals surface area contributed by atoms with Crippen molar-refractivity contribution in [2.24, 2.45) is 0 Å². The molecule has 1 atom stereocenters. The van der Waals surface area contributed by atoms with E-state index >= 15 is 0 Å². The number of amides is 1. The maximum absolute atomic E-state index is 12.9. The number of carbonyl (C=O) groups is 1. The van der Waals surface area contributed by atoms with Gasteiger partial charge in [0.05, 0.1) is 19.5 Å². The normalized spacial score (nSPS) is 11.7. The summed E-state index contributed by atoms with van der Waals surface area (Å²) in [5, 5.41) is 8.12. The van der Waals surface area contributed by atoms with Crippen LogP contribution in [0.3, 0.4) is 0 Å². The molecular formula is C21H23N3O4S. The second-order valence-electron chi connectivity index (χ2n) is 6.15. The molecule has 0 saturated carbocycles. The molecule has 1 amide bonds. The van der Waals surface area contributed by atoms with Crippen molar-refractivity contribution in [1.29, 1.82) is 0 Å². The van der Waals surface area contributed by atoms with Crippen molar-refractivity contribution in [3.05, 3.63) is 48.5 Å². The molecule has 1 aromatic heterocycles. The van der Waals surface area contributed by atoms with Crippen LogP contribution in [0.4, 0.5) is 5.69 Å². The monoisotopic (exact) mass is 413 g/mol. The molecule has 3 aromatic rings. The van der Waals surface area contributed by atoms with Gasteiger partial charge in [0.1, 0.15) is 11.5 Å². The fourth-order valence-electron chi connectivity index (χ4n) is 2.80. The lowest BCUT2D eigenvalue weighted by molar-refractivity contribution is -0.117. The Morgan fingerprint density at radius 1 is 1.10 bits per heavy atom. The zero-order valence-electron chi connectivity index (χ0n) is 16.8. The van der Waals surface area contributed by atoms with Crippen molar-refractivity contribution < 1.29 is 18.7 Å². The van der Waals surface area contributed by atoms with Gasteiger partial charge in [-0.25, -0.2) is 0 Å². The molecule has 3 rings (SSSR count). The van der Waals surface area contributed by atoms with Crippen molar-refractivity contribution in [1.82, 2.24) is 10.2 Å². The van der Waals surface area contributed by atoms with Gasteiger partial charge in [-0.1, -0.05) is 30.0 Å². The van der Waals surface area contributed by atoms with E-state index in [0.29, 0.717) is 34.7 Å². The van der Waals surface area contributed by atoms with Crippen molar-refractivity contribution in [3.8, 4) is 23.0 Å². The Morgan fingerprint density at radius 2 is 1.76 bits per heavy atom. The third-order valence-electron chi connectivity index (χ3n) is 4.28. The van der Waals surface area contributed by atoms with Gasteiger partial charge < -0.3 is 18.8 Å². The Hall–Kier alpha value is -3.00. The predicted octanol–water partition coefficient (Wildman–Crippen LogP) is 4.29. The standard InChI is InChI=1S/C21H23N3O4S/c1-5-24(16-9-7-6-8-10-16)20(25)14(2)29-21-23-22-19(28-21)15-11-17(26-3)13-18(12-15)27-4/h6-14H,5H2,1-4H3. The van der Waals surface area contributed by atoms with Crippen molar-refractivity contribution >= 4 is 23.4 Å². The Morgan fingerprint density at radius 3 is 2.34 bits per heavy atom. The Labute approximate surface area is 174 Å². The zero-order valence-corrected chi connectivity index (χ0v) is 17.6. The molecule has 8 heteroatoms. The maximum Gasteiger partial charge on any atom is 0.277 e. The fraction of sp³-hybridized carbons (Fsp3) is 0.286. The minimum atomic E-state index is -0.386. The second kappa shape index (κ2) is 9.47. The molecule has 0 bridgehead atoms. The lowest BCUT2D eigenvalue weighted by atomic mass is 10.2. The molecule has 0 fully saturated rings. The molecule has 152 valence electrons. The van der Waals surface area contributed by atoms with Crippen LogP contribution in [0.2, 0.25) is 0 Å². The van der Waals surface area contributed by atoms with Gasteiger partial charge in [-0.05, 0) is 38.1 Å². The number of nitrogens with zero attached hydrogens (tertiary/aromatic N) is 3. The topological polar surface area (TPSA) is 77.7 Å². The third kappa shape index (κ3) is 4.89. The van der Waals surface area contributed by atoms with E-state index in [2.05, 4.69) is 10.2 Å². The van der Waals surface area contributed by atoms with E-state index in [1.165, 1.54) is 11.8 Å². The lowest BCUT2D eigenvalue weighted by Gasteiger charge is -2.23. The van der Waals surface area contributed by atoms with E-state index in [9.17, 15) is 4.79 Å². The van der Waals surface area contributed by atoms with Crippen LogP contribution >= 0.6 is 11.8 Å². The molecule has 0 N–H and O–H groups in total. The van der Waals surface area contributed by atoms with Crippen molar-refractivity contribution in [2.45, 2.75) is 24.3 Å². The van der Waals surface area contributed by atoms with Gasteiger partial charge in [0, 0.05) is 23.9 Å². The highest BCUT2D eigenvalue weighted by Gasteiger charge is 2.24. The van der Waals surface area contributed by atoms with E-state index in [0.717, 1.165) is 5.69 Å². The third-order valence-corrected chi connectivity index (χ3v) is 5.20. The van der Waals surface area contributed by atoms with Crippen LogP contribution in [-0.2, 0) is 4.79 Å². The number of aromatic nitrogens is 2. The van der Waals surface area contributed by atoms with E-state index in [-0.39, 0.29) is 11.2 Å². The van der Waals surface area contributed by atoms with Gasteiger partial charge in [0.25, 0.3) is 5.22 Å². The summed E-state index contributed by atoms with van der Waals surface area (Å²) in [7, 11) is 3.15. The number of benzene rings is 2. The zero-order chi connectivity index (χ0) is 20.8. The molecule has 0 spiro atoms. The van der Waals surface area contributed by atoms with Crippen LogP contribution in [-0.4, -0.2) is 42.1 Å². The summed E-state index contributed by atoms with van der Waals surface area (Å²) in [6.07, 6.45) is 0. The summed E-state index contributed by atoms with van der Waals surface area (Å²) in [6, 6.07) is 14.9. The Balaban J connectivity index is 1.75. The number of rotatable bonds is 8. The largest absolute Gasteiger partial charge is 0.497 e. The van der Waals surface area contributed by atoms with Gasteiger partial charge >= 0.3 is 0 Å². The molecule has 0 aliphatic heterocycles. The van der Waals surface area contributed by atoms with Gasteiger partial charge in [-0.15, -0.1) is 10.2 Å². The number of hydrogen-bond acceptors (Lipinski definition) is 7. The minimum Gasteiger partial charge on any atom is -0.497 e. The van der Waals surface area contributed by atoms with E-state index in [1.54, 1.807) is 37.3 Å². The molecule has 29 heavy (non-hydrogen) atoms. The van der Waals surface area contributed by atoms with Crippen molar-refractivity contribution in [2.75, 3.05) is 25.7 Å². The average molecular weight is 413 g/mol. The van der Waals surface area contributed by atoms with Crippen LogP contribution in [0, 0.1) is 0 Å². The quantitative estimate of drug-likeness (QED) is 0.510. The first-order valence-electron chi connectivity index (χ1n) is 9.15. The highest BCUT2D eigenvalue weighted by atomic mass is 32.2. The van der Waals surface area contributed by atoms with Crippen LogP contribution in [0.25, 0.3) is 11.5 Å². The smallest absolute Gasteiger partial charge is 0.277 e. The summed E-state index contributed by atoms with van der Waals surface area (Å²) in [5.74, 6) is 1.56. The fourth-order valence-corrected chi connectivity index (χ4v) is 3.55. The summed E-state index contributed by atoms with van der Waals surface area (Å²) in [5.41, 5.74) is 1.54. The predicted molar refractivity (Wildman–Crippen MR) is 113 cm³/mol. The first-order valence-corrected chi connectivity index (χ1v) is 10.0. The van der Waals surface area contributed by atoms with E-state index < -0.39 is 0 Å². The summed E-state index contributed by atoms with van der Waals surface area (Å²) in [4.78, 5) is 14.6. The summed E-state index contributed by atoms with van der Waals surface area (Å²) in [6.45, 7) is 4.35. The molecule has 0 radical (unpaired) electrons. The number of ether oxygens (including phenoxy) is 2. The van der Waals surface area contributed by atoms with Crippen molar-refractivity contribution in [3.63, 3.8) is 0 Å². The van der Waals surface area contributed by atoms with Crippen LogP contribution in [0.1, 0.15) is 13.8 Å². The minimum absolute atomic E-state index is 0.0218. The highest BCUT2D eigenvalue weighted by molar-refractivity contribution is 8.00.